The van der Waals surface area contributed by atoms with Crippen molar-refractivity contribution in [3.05, 3.63) is 46.5 Å². The Labute approximate surface area is 166 Å². The van der Waals surface area contributed by atoms with E-state index in [0.29, 0.717) is 0 Å². The summed E-state index contributed by atoms with van der Waals surface area (Å²) in [5, 5.41) is 7.42. The molecule has 4 rings (SSSR count). The first-order valence-electron chi connectivity index (χ1n) is 9.66. The van der Waals surface area contributed by atoms with Crippen LogP contribution in [0.5, 0.6) is 23.0 Å². The van der Waals surface area contributed by atoms with E-state index >= 15 is 0 Å². The molecule has 0 radical (unpaired) electrons. The second-order valence-electron chi connectivity index (χ2n) is 7.18. The maximum absolute atomic E-state index is 5.56. The smallest absolute Gasteiger partial charge is 0.161 e. The Morgan fingerprint density at radius 3 is 1.32 bits per heavy atom. The molecule has 2 aliphatic rings. The molecule has 0 unspecified atom stereocenters. The van der Waals surface area contributed by atoms with Crippen LogP contribution in [0, 0.1) is 0 Å². The summed E-state index contributed by atoms with van der Waals surface area (Å²) >= 11 is 0. The molecule has 2 aromatic rings. The van der Waals surface area contributed by atoms with Crippen molar-refractivity contribution in [2.24, 2.45) is 0 Å². The molecule has 0 aromatic heterocycles. The van der Waals surface area contributed by atoms with Crippen LogP contribution in [0.2, 0.25) is 0 Å². The van der Waals surface area contributed by atoms with Gasteiger partial charge in [-0.05, 0) is 72.5 Å². The van der Waals surface area contributed by atoms with Gasteiger partial charge < -0.3 is 29.6 Å². The third kappa shape index (κ3) is 3.16. The molecular weight excluding hydrogens is 356 g/mol. The maximum atomic E-state index is 5.56. The molecule has 0 spiro atoms. The van der Waals surface area contributed by atoms with E-state index in [4.69, 9.17) is 18.9 Å². The van der Waals surface area contributed by atoms with Crippen LogP contribution >= 0.6 is 0 Å². The SMILES string of the molecule is COc1cc2c(cc1OC)[C@H]([C@@H]1NCCc3cc(OC)c(OC)cc31)NCC2. The predicted octanol–water partition coefficient (Wildman–Crippen LogP) is 2.79. The molecule has 28 heavy (non-hydrogen) atoms. The molecule has 150 valence electrons. The van der Waals surface area contributed by atoms with Crippen molar-refractivity contribution in [3.63, 3.8) is 0 Å². The van der Waals surface area contributed by atoms with Gasteiger partial charge in [0.25, 0.3) is 0 Å². The molecular formula is C22H28N2O4. The Hall–Kier alpha value is -2.44. The van der Waals surface area contributed by atoms with Crippen LogP contribution in [-0.2, 0) is 12.8 Å². The Kier molecular flexibility index (Phi) is 5.33. The van der Waals surface area contributed by atoms with Gasteiger partial charge in [0, 0.05) is 0 Å². The first-order valence-corrected chi connectivity index (χ1v) is 9.66. The average molecular weight is 384 g/mol. The molecule has 6 heteroatoms. The van der Waals surface area contributed by atoms with Gasteiger partial charge >= 0.3 is 0 Å². The third-order valence-electron chi connectivity index (χ3n) is 5.81. The van der Waals surface area contributed by atoms with Gasteiger partial charge in [0.05, 0.1) is 40.5 Å². The summed E-state index contributed by atoms with van der Waals surface area (Å²) in [6, 6.07) is 8.73. The molecule has 0 saturated carbocycles. The molecule has 2 N–H and O–H groups in total. The topological polar surface area (TPSA) is 61.0 Å². The fourth-order valence-electron chi connectivity index (χ4n) is 4.43. The lowest BCUT2D eigenvalue weighted by atomic mass is 9.82. The van der Waals surface area contributed by atoms with Gasteiger partial charge in [0.1, 0.15) is 0 Å². The van der Waals surface area contributed by atoms with Gasteiger partial charge in [-0.3, -0.25) is 0 Å². The summed E-state index contributed by atoms with van der Waals surface area (Å²) in [7, 11) is 6.73. The van der Waals surface area contributed by atoms with E-state index in [2.05, 4.69) is 34.9 Å². The first kappa shape index (κ1) is 18.9. The molecule has 0 amide bonds. The van der Waals surface area contributed by atoms with Crippen LogP contribution in [0.15, 0.2) is 24.3 Å². The lowest BCUT2D eigenvalue weighted by Crippen LogP contribution is -2.42. The van der Waals surface area contributed by atoms with E-state index in [1.807, 2.05) is 0 Å². The number of ether oxygens (including phenoxy) is 4. The summed E-state index contributed by atoms with van der Waals surface area (Å²) in [5.74, 6) is 3.09. The molecule has 2 aromatic carbocycles. The van der Waals surface area contributed by atoms with E-state index in [0.717, 1.165) is 48.9 Å². The Morgan fingerprint density at radius 2 is 0.964 bits per heavy atom. The standard InChI is InChI=1S/C22H28N2O4/c1-25-17-9-13-5-7-23-21(15(13)11-19(17)27-3)22-16-12-20(28-4)18(26-2)10-14(16)6-8-24-22/h9-12,21-24H,5-8H2,1-4H3/t21-,22-/m1/s1. The van der Waals surface area contributed by atoms with Crippen molar-refractivity contribution in [2.45, 2.75) is 24.9 Å². The van der Waals surface area contributed by atoms with Gasteiger partial charge in [-0.15, -0.1) is 0 Å². The lowest BCUT2D eigenvalue weighted by Gasteiger charge is -2.38. The zero-order valence-electron chi connectivity index (χ0n) is 16.9. The number of fused-ring (bicyclic) bond motifs is 2. The number of rotatable bonds is 5. The van der Waals surface area contributed by atoms with E-state index in [1.54, 1.807) is 28.4 Å². The summed E-state index contributed by atoms with van der Waals surface area (Å²) in [4.78, 5) is 0. The minimum absolute atomic E-state index is 0.140. The second-order valence-corrected chi connectivity index (χ2v) is 7.18. The van der Waals surface area contributed by atoms with Crippen LogP contribution in [0.3, 0.4) is 0 Å². The monoisotopic (exact) mass is 384 g/mol. The normalized spacial score (nSPS) is 20.7. The number of hydrogen-bond donors (Lipinski definition) is 2. The molecule has 2 aliphatic heterocycles. The van der Waals surface area contributed by atoms with Crippen LogP contribution < -0.4 is 29.6 Å². The quantitative estimate of drug-likeness (QED) is 0.827. The highest BCUT2D eigenvalue weighted by atomic mass is 16.5. The van der Waals surface area contributed by atoms with E-state index in [1.165, 1.54) is 22.3 Å². The molecule has 2 heterocycles. The predicted molar refractivity (Wildman–Crippen MR) is 108 cm³/mol. The van der Waals surface area contributed by atoms with E-state index in [9.17, 15) is 0 Å². The van der Waals surface area contributed by atoms with Gasteiger partial charge in [-0.1, -0.05) is 0 Å². The summed E-state index contributed by atoms with van der Waals surface area (Å²) < 4.78 is 22.1. The van der Waals surface area contributed by atoms with Crippen molar-refractivity contribution in [3.8, 4) is 23.0 Å². The second kappa shape index (κ2) is 7.89. The van der Waals surface area contributed by atoms with Crippen LogP contribution in [0.1, 0.15) is 34.3 Å². The van der Waals surface area contributed by atoms with Crippen molar-refractivity contribution in [2.75, 3.05) is 41.5 Å². The minimum Gasteiger partial charge on any atom is -0.493 e. The van der Waals surface area contributed by atoms with Crippen molar-refractivity contribution >= 4 is 0 Å². The van der Waals surface area contributed by atoms with Crippen molar-refractivity contribution in [1.29, 1.82) is 0 Å². The fraction of sp³-hybridized carbons (Fsp3) is 0.455. The summed E-state index contributed by atoms with van der Waals surface area (Å²) in [5.41, 5.74) is 5.11. The van der Waals surface area contributed by atoms with E-state index in [-0.39, 0.29) is 12.1 Å². The lowest BCUT2D eigenvalue weighted by molar-refractivity contribution is 0.334. The van der Waals surface area contributed by atoms with Gasteiger partial charge in [-0.25, -0.2) is 0 Å². The number of benzene rings is 2. The molecule has 0 fully saturated rings. The first-order chi connectivity index (χ1) is 13.7. The average Bonchev–Trinajstić information content (AvgIpc) is 2.76. The maximum Gasteiger partial charge on any atom is 0.161 e. The Morgan fingerprint density at radius 1 is 0.607 bits per heavy atom. The van der Waals surface area contributed by atoms with Crippen LogP contribution in [0.25, 0.3) is 0 Å². The Balaban J connectivity index is 1.78. The third-order valence-corrected chi connectivity index (χ3v) is 5.81. The molecule has 0 bridgehead atoms. The van der Waals surface area contributed by atoms with Gasteiger partial charge in [0.2, 0.25) is 0 Å². The zero-order chi connectivity index (χ0) is 19.7. The molecule has 0 aliphatic carbocycles. The fourth-order valence-corrected chi connectivity index (χ4v) is 4.43. The largest absolute Gasteiger partial charge is 0.493 e. The zero-order valence-corrected chi connectivity index (χ0v) is 16.9. The number of hydrogen-bond acceptors (Lipinski definition) is 6. The molecule has 0 saturated heterocycles. The highest BCUT2D eigenvalue weighted by Crippen LogP contribution is 2.43. The number of nitrogens with one attached hydrogen (secondary N) is 2. The van der Waals surface area contributed by atoms with Crippen LogP contribution in [-0.4, -0.2) is 41.5 Å². The highest BCUT2D eigenvalue weighted by Gasteiger charge is 2.33. The molecule has 2 atom stereocenters. The van der Waals surface area contributed by atoms with Gasteiger partial charge in [0.15, 0.2) is 23.0 Å². The van der Waals surface area contributed by atoms with E-state index < -0.39 is 0 Å². The van der Waals surface area contributed by atoms with Crippen LogP contribution in [0.4, 0.5) is 0 Å². The van der Waals surface area contributed by atoms with Crippen molar-refractivity contribution in [1.82, 2.24) is 10.6 Å². The highest BCUT2D eigenvalue weighted by molar-refractivity contribution is 5.53. The summed E-state index contributed by atoms with van der Waals surface area (Å²) in [6.07, 6.45) is 1.94. The van der Waals surface area contributed by atoms with Crippen molar-refractivity contribution < 1.29 is 18.9 Å². The molecule has 6 nitrogen and oxygen atoms in total. The van der Waals surface area contributed by atoms with Gasteiger partial charge in [-0.2, -0.15) is 0 Å². The number of methoxy groups -OCH3 is 4. The Bertz CT molecular complexity index is 797. The minimum atomic E-state index is 0.140. The summed E-state index contributed by atoms with van der Waals surface area (Å²) in [6.45, 7) is 1.85.